The molecule has 0 radical (unpaired) electrons. The van der Waals surface area contributed by atoms with Crippen molar-refractivity contribution in [2.75, 3.05) is 5.75 Å². The van der Waals surface area contributed by atoms with Crippen molar-refractivity contribution in [3.05, 3.63) is 24.0 Å². The fourth-order valence-corrected chi connectivity index (χ4v) is 3.35. The summed E-state index contributed by atoms with van der Waals surface area (Å²) >= 11 is 1.27. The number of para-hydroxylation sites is 1. The van der Waals surface area contributed by atoms with Gasteiger partial charge in [-0.1, -0.05) is 6.07 Å². The molecule has 3 rings (SSSR count). The maximum atomic E-state index is 9.96. The highest BCUT2D eigenvalue weighted by Gasteiger charge is 2.38. The number of aliphatic hydroxyl groups is 3. The molecule has 1 aliphatic heterocycles. The van der Waals surface area contributed by atoms with Gasteiger partial charge in [0.25, 0.3) is 0 Å². The van der Waals surface area contributed by atoms with Crippen LogP contribution < -0.4 is 4.74 Å². The molecule has 1 fully saturated rings. The van der Waals surface area contributed by atoms with E-state index < -0.39 is 23.7 Å². The Morgan fingerprint density at radius 3 is 2.90 bits per heavy atom. The van der Waals surface area contributed by atoms with Crippen LogP contribution in [-0.4, -0.2) is 54.8 Å². The fraction of sp³-hybridized carbons (Fsp3) is 0.462. The number of ether oxygens (including phenoxy) is 1. The van der Waals surface area contributed by atoms with Gasteiger partial charge in [-0.15, -0.1) is 11.8 Å². The molecule has 0 saturated carbocycles. The first-order valence-electron chi connectivity index (χ1n) is 6.34. The summed E-state index contributed by atoms with van der Waals surface area (Å²) in [6, 6.07) is 5.50. The number of aryl methyl sites for hydroxylation is 1. The monoisotopic (exact) mass is 296 g/mol. The number of thioether (sulfide) groups is 1. The van der Waals surface area contributed by atoms with Gasteiger partial charge < -0.3 is 25.0 Å². The van der Waals surface area contributed by atoms with E-state index >= 15 is 0 Å². The zero-order valence-corrected chi connectivity index (χ0v) is 11.7. The number of H-pyrrole nitrogens is 1. The molecule has 0 spiro atoms. The molecular formula is C13H16N2O4S. The van der Waals surface area contributed by atoms with Crippen LogP contribution in [0.25, 0.3) is 11.0 Å². The summed E-state index contributed by atoms with van der Waals surface area (Å²) in [5.74, 6) is 1.65. The van der Waals surface area contributed by atoms with Crippen LogP contribution in [0.15, 0.2) is 18.2 Å². The van der Waals surface area contributed by atoms with E-state index in [0.29, 0.717) is 17.0 Å². The van der Waals surface area contributed by atoms with Gasteiger partial charge in [0.15, 0.2) is 5.44 Å². The van der Waals surface area contributed by atoms with Gasteiger partial charge in [0.05, 0.1) is 11.6 Å². The average molecular weight is 296 g/mol. The van der Waals surface area contributed by atoms with Crippen LogP contribution in [-0.2, 0) is 0 Å². The predicted octanol–water partition coefficient (Wildman–Crippen LogP) is 0.406. The third-order valence-corrected chi connectivity index (χ3v) is 4.53. The van der Waals surface area contributed by atoms with Crippen molar-refractivity contribution < 1.29 is 20.1 Å². The Balaban J connectivity index is 1.86. The Kier molecular flexibility index (Phi) is 3.59. The minimum atomic E-state index is -1.19. The molecule has 7 heteroatoms. The summed E-state index contributed by atoms with van der Waals surface area (Å²) in [6.45, 7) is 1.86. The Hall–Kier alpha value is -1.28. The van der Waals surface area contributed by atoms with Gasteiger partial charge in [-0.3, -0.25) is 0 Å². The molecule has 2 heterocycles. The second-order valence-electron chi connectivity index (χ2n) is 4.84. The molecule has 1 aromatic heterocycles. The van der Waals surface area contributed by atoms with E-state index in [0.717, 1.165) is 11.3 Å². The summed E-state index contributed by atoms with van der Waals surface area (Å²) in [5, 5.41) is 29.2. The zero-order valence-electron chi connectivity index (χ0n) is 10.9. The van der Waals surface area contributed by atoms with Gasteiger partial charge in [0, 0.05) is 5.75 Å². The van der Waals surface area contributed by atoms with Gasteiger partial charge in [0.1, 0.15) is 29.3 Å². The highest BCUT2D eigenvalue weighted by atomic mass is 32.2. The molecule has 0 unspecified atom stereocenters. The van der Waals surface area contributed by atoms with E-state index in [-0.39, 0.29) is 0 Å². The highest BCUT2D eigenvalue weighted by Crippen LogP contribution is 2.32. The largest absolute Gasteiger partial charge is 0.475 e. The van der Waals surface area contributed by atoms with E-state index in [1.807, 2.05) is 19.1 Å². The van der Waals surface area contributed by atoms with Crippen molar-refractivity contribution in [1.82, 2.24) is 9.97 Å². The number of hydrogen-bond donors (Lipinski definition) is 4. The SMILES string of the molecule is Cc1nc2c(O[C@@H]3SC[C@@H](O)[C@H](O)[C@H]3O)cccc2[nH]1. The number of aromatic nitrogens is 2. The first-order valence-corrected chi connectivity index (χ1v) is 7.39. The molecule has 1 aromatic carbocycles. The number of aliphatic hydroxyl groups excluding tert-OH is 3. The quantitative estimate of drug-likeness (QED) is 0.640. The van der Waals surface area contributed by atoms with Crippen molar-refractivity contribution >= 4 is 22.8 Å². The smallest absolute Gasteiger partial charge is 0.173 e. The van der Waals surface area contributed by atoms with E-state index in [1.54, 1.807) is 6.07 Å². The second-order valence-corrected chi connectivity index (χ2v) is 5.97. The Morgan fingerprint density at radius 2 is 2.10 bits per heavy atom. The number of hydrogen-bond acceptors (Lipinski definition) is 6. The molecule has 1 saturated heterocycles. The van der Waals surface area contributed by atoms with Crippen LogP contribution in [0, 0.1) is 6.92 Å². The zero-order chi connectivity index (χ0) is 14.3. The van der Waals surface area contributed by atoms with Gasteiger partial charge in [0.2, 0.25) is 0 Å². The topological polar surface area (TPSA) is 98.6 Å². The lowest BCUT2D eigenvalue weighted by atomic mass is 10.1. The standard InChI is InChI=1S/C13H16N2O4S/c1-6-14-7-3-2-4-9(10(7)15-6)19-13-12(18)11(17)8(16)5-20-13/h2-4,8,11-13,16-18H,5H2,1H3,(H,14,15)/t8-,11+,12-,13-/m1/s1. The van der Waals surface area contributed by atoms with E-state index in [9.17, 15) is 15.3 Å². The molecule has 2 aromatic rings. The van der Waals surface area contributed by atoms with E-state index in [4.69, 9.17) is 4.74 Å². The molecule has 20 heavy (non-hydrogen) atoms. The number of nitrogens with zero attached hydrogens (tertiary/aromatic N) is 1. The number of aromatic amines is 1. The van der Waals surface area contributed by atoms with Crippen molar-refractivity contribution in [2.45, 2.75) is 30.7 Å². The first kappa shape index (κ1) is 13.7. The Labute approximate surface area is 119 Å². The van der Waals surface area contributed by atoms with E-state index in [2.05, 4.69) is 9.97 Å². The van der Waals surface area contributed by atoms with Crippen LogP contribution in [0.4, 0.5) is 0 Å². The van der Waals surface area contributed by atoms with Crippen LogP contribution >= 0.6 is 11.8 Å². The van der Waals surface area contributed by atoms with Crippen molar-refractivity contribution in [3.8, 4) is 5.75 Å². The minimum absolute atomic E-state index is 0.318. The van der Waals surface area contributed by atoms with Crippen LogP contribution in [0.3, 0.4) is 0 Å². The van der Waals surface area contributed by atoms with E-state index in [1.165, 1.54) is 11.8 Å². The number of rotatable bonds is 2. The van der Waals surface area contributed by atoms with Crippen molar-refractivity contribution in [1.29, 1.82) is 0 Å². The molecule has 4 N–H and O–H groups in total. The lowest BCUT2D eigenvalue weighted by molar-refractivity contribution is -0.0784. The lowest BCUT2D eigenvalue weighted by Gasteiger charge is -2.34. The highest BCUT2D eigenvalue weighted by molar-refractivity contribution is 7.99. The molecular weight excluding hydrogens is 280 g/mol. The Morgan fingerprint density at radius 1 is 1.30 bits per heavy atom. The minimum Gasteiger partial charge on any atom is -0.475 e. The number of benzene rings is 1. The summed E-state index contributed by atoms with van der Waals surface area (Å²) in [4.78, 5) is 7.47. The first-order chi connectivity index (χ1) is 9.56. The van der Waals surface area contributed by atoms with Crippen LogP contribution in [0.5, 0.6) is 5.75 Å². The number of nitrogens with one attached hydrogen (secondary N) is 1. The normalized spacial score (nSPS) is 30.6. The summed E-state index contributed by atoms with van der Waals surface area (Å²) in [7, 11) is 0. The maximum absolute atomic E-state index is 9.96. The molecule has 0 amide bonds. The maximum Gasteiger partial charge on any atom is 0.173 e. The third-order valence-electron chi connectivity index (χ3n) is 3.29. The average Bonchev–Trinajstić information content (AvgIpc) is 2.81. The summed E-state index contributed by atoms with van der Waals surface area (Å²) in [6.07, 6.45) is -3.27. The molecule has 6 nitrogen and oxygen atoms in total. The summed E-state index contributed by atoms with van der Waals surface area (Å²) < 4.78 is 5.77. The molecule has 108 valence electrons. The Bertz CT molecular complexity index is 617. The molecule has 1 aliphatic rings. The molecule has 0 bridgehead atoms. The van der Waals surface area contributed by atoms with Crippen LogP contribution in [0.2, 0.25) is 0 Å². The fourth-order valence-electron chi connectivity index (χ4n) is 2.23. The molecule has 0 aliphatic carbocycles. The third kappa shape index (κ3) is 2.37. The van der Waals surface area contributed by atoms with Gasteiger partial charge in [-0.2, -0.15) is 0 Å². The lowest BCUT2D eigenvalue weighted by Crippen LogP contribution is -2.50. The predicted molar refractivity (Wildman–Crippen MR) is 75.7 cm³/mol. The van der Waals surface area contributed by atoms with Crippen molar-refractivity contribution in [2.24, 2.45) is 0 Å². The van der Waals surface area contributed by atoms with Gasteiger partial charge >= 0.3 is 0 Å². The number of fused-ring (bicyclic) bond motifs is 1. The second kappa shape index (κ2) is 5.25. The number of imidazole rings is 1. The molecule has 4 atom stereocenters. The summed E-state index contributed by atoms with van der Waals surface area (Å²) in [5.41, 5.74) is 0.922. The van der Waals surface area contributed by atoms with Crippen LogP contribution in [0.1, 0.15) is 5.82 Å². The van der Waals surface area contributed by atoms with Gasteiger partial charge in [-0.25, -0.2) is 4.98 Å². The van der Waals surface area contributed by atoms with Gasteiger partial charge in [-0.05, 0) is 19.1 Å². The van der Waals surface area contributed by atoms with Crippen molar-refractivity contribution in [3.63, 3.8) is 0 Å².